The van der Waals surface area contributed by atoms with E-state index >= 15 is 0 Å². The Bertz CT molecular complexity index is 873. The first-order valence-electron chi connectivity index (χ1n) is 6.98. The topological polar surface area (TPSA) is 59.0 Å². The summed E-state index contributed by atoms with van der Waals surface area (Å²) in [4.78, 5) is 15.9. The molecule has 0 aliphatic rings. The van der Waals surface area contributed by atoms with Crippen molar-refractivity contribution in [2.45, 2.75) is 6.18 Å². The average molecular weight is 333 g/mol. The fourth-order valence-corrected chi connectivity index (χ4v) is 2.23. The van der Waals surface area contributed by atoms with Crippen molar-refractivity contribution in [3.8, 4) is 5.69 Å². The molecule has 0 fully saturated rings. The quantitative estimate of drug-likeness (QED) is 0.771. The van der Waals surface area contributed by atoms with Crippen molar-refractivity contribution >= 4 is 22.8 Å². The fourth-order valence-electron chi connectivity index (χ4n) is 2.23. The van der Waals surface area contributed by atoms with Gasteiger partial charge in [-0.2, -0.15) is 13.2 Å². The summed E-state index contributed by atoms with van der Waals surface area (Å²) in [7, 11) is 0. The van der Waals surface area contributed by atoms with Crippen molar-refractivity contribution in [1.82, 2.24) is 14.9 Å². The molecule has 1 aromatic heterocycles. The molecule has 0 atom stereocenters. The highest BCUT2D eigenvalue weighted by Gasteiger charge is 2.27. The summed E-state index contributed by atoms with van der Waals surface area (Å²) in [6, 6.07) is 14.0. The van der Waals surface area contributed by atoms with Gasteiger partial charge in [0.1, 0.15) is 12.9 Å². The number of aromatic nitrogens is 2. The number of fused-ring (bicyclic) bond motifs is 1. The van der Waals surface area contributed by atoms with E-state index in [4.69, 9.17) is 0 Å². The second-order valence-electron chi connectivity index (χ2n) is 4.97. The number of hydrogen-bond donors (Lipinski definition) is 2. The highest BCUT2D eigenvalue weighted by atomic mass is 19.4. The first-order chi connectivity index (χ1) is 11.4. The number of para-hydroxylation sites is 2. The van der Waals surface area contributed by atoms with E-state index in [1.165, 1.54) is 0 Å². The molecule has 2 aromatic carbocycles. The van der Waals surface area contributed by atoms with Gasteiger partial charge >= 0.3 is 12.2 Å². The molecule has 0 aliphatic heterocycles. The van der Waals surface area contributed by atoms with E-state index in [1.54, 1.807) is 52.6 Å². The van der Waals surface area contributed by atoms with Crippen LogP contribution in [0.5, 0.6) is 0 Å². The molecular formula is C16H12F3N4O. The molecule has 3 rings (SSSR count). The van der Waals surface area contributed by atoms with Gasteiger partial charge in [-0.15, -0.1) is 0 Å². The number of nitrogens with zero attached hydrogens (tertiary/aromatic N) is 2. The Morgan fingerprint density at radius 1 is 1.25 bits per heavy atom. The lowest BCUT2D eigenvalue weighted by atomic mass is 10.2. The van der Waals surface area contributed by atoms with Crippen molar-refractivity contribution in [2.24, 2.45) is 0 Å². The Labute approximate surface area is 135 Å². The molecule has 5 nitrogen and oxygen atoms in total. The van der Waals surface area contributed by atoms with E-state index < -0.39 is 18.8 Å². The van der Waals surface area contributed by atoms with Gasteiger partial charge in [-0.25, -0.2) is 9.78 Å². The van der Waals surface area contributed by atoms with Gasteiger partial charge in [0.25, 0.3) is 0 Å². The van der Waals surface area contributed by atoms with Crippen LogP contribution in [0.15, 0.2) is 48.8 Å². The maximum absolute atomic E-state index is 12.2. The lowest BCUT2D eigenvalue weighted by Crippen LogP contribution is -2.36. The highest BCUT2D eigenvalue weighted by Crippen LogP contribution is 2.24. The van der Waals surface area contributed by atoms with Crippen LogP contribution in [-0.4, -0.2) is 28.3 Å². The highest BCUT2D eigenvalue weighted by molar-refractivity contribution is 5.92. The number of benzene rings is 2. The van der Waals surface area contributed by atoms with Crippen molar-refractivity contribution in [1.29, 1.82) is 0 Å². The zero-order chi connectivity index (χ0) is 17.2. The van der Waals surface area contributed by atoms with Crippen LogP contribution in [0.4, 0.5) is 23.7 Å². The molecule has 0 bridgehead atoms. The Morgan fingerprint density at radius 2 is 2.04 bits per heavy atom. The SMILES string of the molecule is O=C(NCC(F)(F)F)Nc1ccccc1-n1cnc2c[c]ccc21. The molecule has 3 aromatic rings. The monoisotopic (exact) mass is 333 g/mol. The molecular weight excluding hydrogens is 321 g/mol. The van der Waals surface area contributed by atoms with E-state index in [-0.39, 0.29) is 0 Å². The van der Waals surface area contributed by atoms with Gasteiger partial charge in [0, 0.05) is 0 Å². The van der Waals surface area contributed by atoms with Crippen LogP contribution in [-0.2, 0) is 0 Å². The van der Waals surface area contributed by atoms with Gasteiger partial charge in [-0.05, 0) is 30.3 Å². The smallest absolute Gasteiger partial charge is 0.329 e. The third kappa shape index (κ3) is 3.48. The number of rotatable bonds is 3. The second-order valence-corrected chi connectivity index (χ2v) is 4.97. The first kappa shape index (κ1) is 15.9. The summed E-state index contributed by atoms with van der Waals surface area (Å²) >= 11 is 0. The first-order valence-corrected chi connectivity index (χ1v) is 6.98. The van der Waals surface area contributed by atoms with Crippen molar-refractivity contribution in [2.75, 3.05) is 11.9 Å². The summed E-state index contributed by atoms with van der Waals surface area (Å²) in [5, 5.41) is 4.21. The minimum absolute atomic E-state index is 0.365. The van der Waals surface area contributed by atoms with Crippen LogP contribution in [0.2, 0.25) is 0 Å². The summed E-state index contributed by atoms with van der Waals surface area (Å²) in [5.74, 6) is 0. The lowest BCUT2D eigenvalue weighted by Gasteiger charge is -2.14. The molecule has 1 heterocycles. The number of halogens is 3. The van der Waals surface area contributed by atoms with Crippen LogP contribution in [0, 0.1) is 6.07 Å². The molecule has 2 amide bonds. The van der Waals surface area contributed by atoms with Crippen molar-refractivity contribution < 1.29 is 18.0 Å². The lowest BCUT2D eigenvalue weighted by molar-refractivity contribution is -0.122. The number of hydrogen-bond acceptors (Lipinski definition) is 2. The Hall–Kier alpha value is -3.03. The molecule has 0 saturated heterocycles. The molecule has 0 aliphatic carbocycles. The summed E-state index contributed by atoms with van der Waals surface area (Å²) in [6.07, 6.45) is -2.89. The molecule has 0 saturated carbocycles. The molecule has 8 heteroatoms. The van der Waals surface area contributed by atoms with E-state index in [0.717, 1.165) is 5.52 Å². The van der Waals surface area contributed by atoms with Crippen molar-refractivity contribution in [3.05, 3.63) is 54.9 Å². The number of carbonyl (C=O) groups is 1. The molecule has 0 spiro atoms. The molecule has 24 heavy (non-hydrogen) atoms. The number of nitrogens with one attached hydrogen (secondary N) is 2. The Balaban J connectivity index is 1.87. The summed E-state index contributed by atoms with van der Waals surface area (Å²) < 4.78 is 38.3. The van der Waals surface area contributed by atoms with Gasteiger partial charge in [0.05, 0.1) is 22.4 Å². The minimum Gasteiger partial charge on any atom is -0.329 e. The third-order valence-corrected chi connectivity index (χ3v) is 3.25. The van der Waals surface area contributed by atoms with Gasteiger partial charge in [0.15, 0.2) is 0 Å². The predicted molar refractivity (Wildman–Crippen MR) is 83.0 cm³/mol. The number of amides is 2. The predicted octanol–water partition coefficient (Wildman–Crippen LogP) is 3.51. The largest absolute Gasteiger partial charge is 0.405 e. The molecule has 2 N–H and O–H groups in total. The zero-order valence-electron chi connectivity index (χ0n) is 12.3. The van der Waals surface area contributed by atoms with Crippen LogP contribution in [0.1, 0.15) is 0 Å². The standard InChI is InChI=1S/C16H12F3N4O/c17-16(18,19)9-20-15(24)22-12-6-2-4-8-14(12)23-10-21-11-5-1-3-7-13(11)23/h2-8,10H,9H2,(H2,20,22,24). The Morgan fingerprint density at radius 3 is 2.83 bits per heavy atom. The van der Waals surface area contributed by atoms with Crippen LogP contribution < -0.4 is 10.6 Å². The second kappa shape index (κ2) is 6.23. The van der Waals surface area contributed by atoms with Gasteiger partial charge in [-0.3, -0.25) is 4.57 Å². The van der Waals surface area contributed by atoms with Crippen molar-refractivity contribution in [3.63, 3.8) is 0 Å². The Kier molecular flexibility index (Phi) is 4.11. The maximum atomic E-state index is 12.2. The van der Waals surface area contributed by atoms with Gasteiger partial charge in [-0.1, -0.05) is 18.2 Å². The average Bonchev–Trinajstić information content (AvgIpc) is 2.97. The number of anilines is 1. The molecule has 0 unspecified atom stereocenters. The van der Waals surface area contributed by atoms with Gasteiger partial charge in [0.2, 0.25) is 0 Å². The normalized spacial score (nSPS) is 11.5. The molecule has 123 valence electrons. The summed E-state index contributed by atoms with van der Waals surface area (Å²) in [6.45, 7) is -1.40. The third-order valence-electron chi connectivity index (χ3n) is 3.25. The fraction of sp³-hybridized carbons (Fsp3) is 0.125. The number of urea groups is 1. The number of imidazole rings is 1. The van der Waals surface area contributed by atoms with E-state index in [0.29, 0.717) is 16.9 Å². The minimum atomic E-state index is -4.46. The van der Waals surface area contributed by atoms with E-state index in [2.05, 4.69) is 16.4 Å². The van der Waals surface area contributed by atoms with Crippen LogP contribution in [0.3, 0.4) is 0 Å². The van der Waals surface area contributed by atoms with Crippen LogP contribution >= 0.6 is 0 Å². The molecule has 1 radical (unpaired) electrons. The van der Waals surface area contributed by atoms with Crippen LogP contribution in [0.25, 0.3) is 16.7 Å². The van der Waals surface area contributed by atoms with E-state index in [1.807, 2.05) is 6.07 Å². The van der Waals surface area contributed by atoms with Gasteiger partial charge < -0.3 is 10.6 Å². The number of alkyl halides is 3. The zero-order valence-corrected chi connectivity index (χ0v) is 12.3. The maximum Gasteiger partial charge on any atom is 0.405 e. The van der Waals surface area contributed by atoms with E-state index in [9.17, 15) is 18.0 Å². The summed E-state index contributed by atoms with van der Waals surface area (Å²) in [5.41, 5.74) is 2.46. The number of carbonyl (C=O) groups excluding carboxylic acids is 1.